The summed E-state index contributed by atoms with van der Waals surface area (Å²) in [5, 5.41) is 17.5. The van der Waals surface area contributed by atoms with Crippen molar-refractivity contribution in [3.63, 3.8) is 0 Å². The van der Waals surface area contributed by atoms with Gasteiger partial charge in [0.2, 0.25) is 0 Å². The smallest absolute Gasteiger partial charge is 0.128 e. The number of rotatable bonds is 5. The van der Waals surface area contributed by atoms with Gasteiger partial charge in [-0.25, -0.2) is 0 Å². The molecule has 0 radical (unpaired) electrons. The third kappa shape index (κ3) is 4.80. The average molecular weight is 373 g/mol. The van der Waals surface area contributed by atoms with Crippen LogP contribution in [-0.2, 0) is 12.0 Å². The number of para-hydroxylation sites is 1. The van der Waals surface area contributed by atoms with E-state index < -0.39 is 0 Å². The van der Waals surface area contributed by atoms with Gasteiger partial charge in [-0.15, -0.1) is 0 Å². The van der Waals surface area contributed by atoms with E-state index in [2.05, 4.69) is 32.9 Å². The largest absolute Gasteiger partial charge is 0.507 e. The highest BCUT2D eigenvalue weighted by Gasteiger charge is 2.20. The molecule has 0 spiro atoms. The summed E-state index contributed by atoms with van der Waals surface area (Å²) >= 11 is 0. The molecular weight excluding hydrogens is 344 g/mol. The van der Waals surface area contributed by atoms with Crippen molar-refractivity contribution < 1.29 is 5.11 Å². The minimum absolute atomic E-state index is 0.137. The number of anilines is 1. The zero-order chi connectivity index (χ0) is 20.1. The Morgan fingerprint density at radius 1 is 0.929 bits per heavy atom. The fraction of sp³-hybridized carbons (Fsp3) is 0.240. The Labute approximate surface area is 168 Å². The predicted octanol–water partition coefficient (Wildman–Crippen LogP) is 6.04. The van der Waals surface area contributed by atoms with Crippen LogP contribution in [0.3, 0.4) is 0 Å². The molecule has 0 aromatic heterocycles. The molecule has 3 rings (SSSR count). The minimum Gasteiger partial charge on any atom is -0.507 e. The topological polar surface area (TPSA) is 35.8 Å². The van der Waals surface area contributed by atoms with Crippen LogP contribution in [0.5, 0.6) is 5.75 Å². The molecule has 28 heavy (non-hydrogen) atoms. The average Bonchev–Trinajstić information content (AvgIpc) is 2.68. The number of benzene rings is 3. The molecule has 0 saturated carbocycles. The van der Waals surface area contributed by atoms with Crippen molar-refractivity contribution in [3.8, 4) is 5.75 Å². The lowest BCUT2D eigenvalue weighted by atomic mass is 9.84. The first-order valence-corrected chi connectivity index (χ1v) is 9.59. The number of hydrazone groups is 1. The van der Waals surface area contributed by atoms with Crippen molar-refractivity contribution in [1.29, 1.82) is 0 Å². The highest BCUT2D eigenvalue weighted by Crippen LogP contribution is 2.33. The van der Waals surface area contributed by atoms with E-state index in [0.29, 0.717) is 12.3 Å². The van der Waals surface area contributed by atoms with Gasteiger partial charge < -0.3 is 5.11 Å². The van der Waals surface area contributed by atoms with E-state index in [9.17, 15) is 5.11 Å². The molecule has 1 N–H and O–H groups in total. The summed E-state index contributed by atoms with van der Waals surface area (Å²) in [6.07, 6.45) is 1.76. The maximum Gasteiger partial charge on any atom is 0.128 e. The first kappa shape index (κ1) is 19.7. The molecule has 0 fully saturated rings. The van der Waals surface area contributed by atoms with Gasteiger partial charge in [-0.05, 0) is 41.7 Å². The van der Waals surface area contributed by atoms with Gasteiger partial charge in [0.15, 0.2) is 0 Å². The summed E-state index contributed by atoms with van der Waals surface area (Å²) in [4.78, 5) is 0. The molecule has 0 bridgehead atoms. The molecule has 3 aromatic rings. The minimum atomic E-state index is -0.137. The molecule has 0 aliphatic carbocycles. The van der Waals surface area contributed by atoms with E-state index in [1.807, 2.05) is 72.6 Å². The lowest BCUT2D eigenvalue weighted by Gasteiger charge is -2.23. The monoisotopic (exact) mass is 372 g/mol. The van der Waals surface area contributed by atoms with Crippen LogP contribution in [0.25, 0.3) is 0 Å². The van der Waals surface area contributed by atoms with E-state index >= 15 is 0 Å². The lowest BCUT2D eigenvalue weighted by Crippen LogP contribution is -2.16. The van der Waals surface area contributed by atoms with Gasteiger partial charge in [0.05, 0.1) is 18.4 Å². The van der Waals surface area contributed by atoms with E-state index in [1.165, 1.54) is 5.56 Å². The molecule has 0 aliphatic rings. The fourth-order valence-electron chi connectivity index (χ4n) is 3.16. The standard InChI is InChI=1S/C25H28N2O/c1-19-15-21(24(28)23(16-19)25(2,3)4)17-26-27(22-13-9-6-10-14-22)18-20-11-7-5-8-12-20/h5-17,28H,18H2,1-4H3. The van der Waals surface area contributed by atoms with Gasteiger partial charge in [0.1, 0.15) is 5.75 Å². The normalized spacial score (nSPS) is 11.7. The summed E-state index contributed by atoms with van der Waals surface area (Å²) in [6, 6.07) is 24.4. The Morgan fingerprint density at radius 3 is 2.14 bits per heavy atom. The Morgan fingerprint density at radius 2 is 1.54 bits per heavy atom. The molecule has 0 saturated heterocycles. The van der Waals surface area contributed by atoms with Gasteiger partial charge in [0.25, 0.3) is 0 Å². The lowest BCUT2D eigenvalue weighted by molar-refractivity contribution is 0.445. The van der Waals surface area contributed by atoms with Crippen LogP contribution < -0.4 is 5.01 Å². The number of aromatic hydroxyl groups is 1. The number of phenolic OH excluding ortho intramolecular Hbond substituents is 1. The fourth-order valence-corrected chi connectivity index (χ4v) is 3.16. The molecule has 0 unspecified atom stereocenters. The molecule has 3 heteroatoms. The first-order chi connectivity index (χ1) is 13.3. The number of hydrogen-bond donors (Lipinski definition) is 1. The van der Waals surface area contributed by atoms with Crippen LogP contribution in [0.1, 0.15) is 43.0 Å². The summed E-state index contributed by atoms with van der Waals surface area (Å²) in [6.45, 7) is 9.02. The molecule has 3 aromatic carbocycles. The van der Waals surface area contributed by atoms with E-state index in [-0.39, 0.29) is 5.41 Å². The number of hydrogen-bond acceptors (Lipinski definition) is 3. The molecule has 144 valence electrons. The van der Waals surface area contributed by atoms with Crippen LogP contribution in [0.4, 0.5) is 5.69 Å². The summed E-state index contributed by atoms with van der Waals surface area (Å²) in [7, 11) is 0. The van der Waals surface area contributed by atoms with Crippen LogP contribution in [-0.4, -0.2) is 11.3 Å². The van der Waals surface area contributed by atoms with Crippen LogP contribution in [0.15, 0.2) is 77.9 Å². The number of phenols is 1. The third-order valence-corrected chi connectivity index (χ3v) is 4.66. The Hall–Kier alpha value is -3.07. The molecule has 0 amide bonds. The summed E-state index contributed by atoms with van der Waals surface area (Å²) in [5.41, 5.74) is 4.82. The SMILES string of the molecule is Cc1cc(C=NN(Cc2ccccc2)c2ccccc2)c(O)c(C(C)(C)C)c1. The van der Waals surface area contributed by atoms with Gasteiger partial charge >= 0.3 is 0 Å². The van der Waals surface area contributed by atoms with Gasteiger partial charge in [0, 0.05) is 11.1 Å². The van der Waals surface area contributed by atoms with E-state index in [4.69, 9.17) is 5.10 Å². The Balaban J connectivity index is 1.97. The zero-order valence-electron chi connectivity index (χ0n) is 17.1. The number of nitrogens with zero attached hydrogens (tertiary/aromatic N) is 2. The molecule has 0 heterocycles. The zero-order valence-corrected chi connectivity index (χ0v) is 17.1. The Bertz CT molecular complexity index is 942. The third-order valence-electron chi connectivity index (χ3n) is 4.66. The summed E-state index contributed by atoms with van der Waals surface area (Å²) in [5.74, 6) is 0.301. The second-order valence-electron chi connectivity index (χ2n) is 8.12. The van der Waals surface area contributed by atoms with E-state index in [1.54, 1.807) is 6.21 Å². The van der Waals surface area contributed by atoms with Gasteiger partial charge in [-0.2, -0.15) is 5.10 Å². The highest BCUT2D eigenvalue weighted by molar-refractivity contribution is 5.85. The summed E-state index contributed by atoms with van der Waals surface area (Å²) < 4.78 is 0. The molecule has 3 nitrogen and oxygen atoms in total. The van der Waals surface area contributed by atoms with E-state index in [0.717, 1.165) is 22.4 Å². The van der Waals surface area contributed by atoms with Crippen LogP contribution >= 0.6 is 0 Å². The van der Waals surface area contributed by atoms with Crippen molar-refractivity contribution in [2.24, 2.45) is 5.10 Å². The van der Waals surface area contributed by atoms with Crippen molar-refractivity contribution in [2.45, 2.75) is 39.7 Å². The second-order valence-corrected chi connectivity index (χ2v) is 8.12. The van der Waals surface area contributed by atoms with Crippen molar-refractivity contribution in [1.82, 2.24) is 0 Å². The van der Waals surface area contributed by atoms with Crippen molar-refractivity contribution in [3.05, 3.63) is 95.1 Å². The van der Waals surface area contributed by atoms with Gasteiger partial charge in [-0.1, -0.05) is 75.4 Å². The highest BCUT2D eigenvalue weighted by atomic mass is 16.3. The predicted molar refractivity (Wildman–Crippen MR) is 118 cm³/mol. The van der Waals surface area contributed by atoms with Gasteiger partial charge in [-0.3, -0.25) is 5.01 Å². The molecule has 0 aliphatic heterocycles. The second kappa shape index (κ2) is 8.30. The molecule has 0 atom stereocenters. The Kier molecular flexibility index (Phi) is 5.84. The van der Waals surface area contributed by atoms with Crippen LogP contribution in [0.2, 0.25) is 0 Å². The quantitative estimate of drug-likeness (QED) is 0.438. The van der Waals surface area contributed by atoms with Crippen molar-refractivity contribution >= 4 is 11.9 Å². The number of aryl methyl sites for hydroxylation is 1. The maximum atomic E-state index is 10.8. The first-order valence-electron chi connectivity index (χ1n) is 9.59. The van der Waals surface area contributed by atoms with Crippen molar-refractivity contribution in [2.75, 3.05) is 5.01 Å². The maximum absolute atomic E-state index is 10.8. The van der Waals surface area contributed by atoms with Crippen LogP contribution in [0, 0.1) is 6.92 Å². The molecular formula is C25H28N2O.